The third-order valence-corrected chi connectivity index (χ3v) is 2.86. The smallest absolute Gasteiger partial charge is 0.155 e. The van der Waals surface area contributed by atoms with Gasteiger partial charge in [0.1, 0.15) is 11.6 Å². The Morgan fingerprint density at radius 1 is 1.35 bits per heavy atom. The number of aromatic nitrogens is 2. The highest BCUT2D eigenvalue weighted by atomic mass is 35.5. The van der Waals surface area contributed by atoms with Gasteiger partial charge in [0.15, 0.2) is 5.15 Å². The molecule has 0 saturated heterocycles. The number of rotatable bonds is 3. The van der Waals surface area contributed by atoms with Gasteiger partial charge in [-0.05, 0) is 31.3 Å². The maximum Gasteiger partial charge on any atom is 0.155 e. The van der Waals surface area contributed by atoms with E-state index in [1.165, 1.54) is 12.1 Å². The zero-order valence-corrected chi connectivity index (χ0v) is 10.4. The van der Waals surface area contributed by atoms with E-state index in [4.69, 9.17) is 11.6 Å². The van der Waals surface area contributed by atoms with Crippen LogP contribution < -0.4 is 5.32 Å². The lowest BCUT2D eigenvalue weighted by molar-refractivity contribution is 0.628. The molecule has 0 spiro atoms. The highest BCUT2D eigenvalue weighted by Gasteiger charge is 2.14. The number of hydrogen-bond donors (Lipinski definition) is 1. The first-order chi connectivity index (χ1) is 8.13. The summed E-state index contributed by atoms with van der Waals surface area (Å²) in [7, 11) is 3.74. The minimum atomic E-state index is -0.262. The average molecular weight is 254 g/mol. The Hall–Kier alpha value is -1.39. The number of halogens is 2. The standard InChI is InChI=1S/C12H13ClFN3/c1-15-7-10-16-12(13)11(17(10)2)8-3-5-9(14)6-4-8/h3-6,15H,7H2,1-2H3. The highest BCUT2D eigenvalue weighted by molar-refractivity contribution is 6.32. The van der Waals surface area contributed by atoms with Crippen LogP contribution in [0.4, 0.5) is 4.39 Å². The number of nitrogens with one attached hydrogen (secondary N) is 1. The summed E-state index contributed by atoms with van der Waals surface area (Å²) >= 11 is 6.11. The van der Waals surface area contributed by atoms with E-state index < -0.39 is 0 Å². The van der Waals surface area contributed by atoms with E-state index in [1.54, 1.807) is 12.1 Å². The molecule has 0 atom stereocenters. The van der Waals surface area contributed by atoms with Gasteiger partial charge in [0.25, 0.3) is 0 Å². The summed E-state index contributed by atoms with van der Waals surface area (Å²) in [5.41, 5.74) is 1.66. The first-order valence-corrected chi connectivity index (χ1v) is 5.63. The molecule has 0 aliphatic heterocycles. The summed E-state index contributed by atoms with van der Waals surface area (Å²) in [5, 5.41) is 3.46. The zero-order chi connectivity index (χ0) is 12.4. The normalized spacial score (nSPS) is 10.8. The van der Waals surface area contributed by atoms with E-state index in [2.05, 4.69) is 10.3 Å². The Morgan fingerprint density at radius 3 is 2.59 bits per heavy atom. The van der Waals surface area contributed by atoms with Gasteiger partial charge in [0, 0.05) is 12.6 Å². The topological polar surface area (TPSA) is 29.9 Å². The number of hydrogen-bond acceptors (Lipinski definition) is 2. The van der Waals surface area contributed by atoms with Crippen LogP contribution in [-0.4, -0.2) is 16.6 Å². The molecule has 2 aromatic rings. The summed E-state index contributed by atoms with van der Waals surface area (Å²) < 4.78 is 14.8. The second kappa shape index (κ2) is 4.85. The van der Waals surface area contributed by atoms with Crippen LogP contribution in [0.1, 0.15) is 5.82 Å². The molecule has 2 rings (SSSR count). The molecule has 0 aliphatic carbocycles. The summed E-state index contributed by atoms with van der Waals surface area (Å²) in [6.45, 7) is 0.636. The fourth-order valence-corrected chi connectivity index (χ4v) is 2.08. The van der Waals surface area contributed by atoms with Crippen molar-refractivity contribution in [1.82, 2.24) is 14.9 Å². The van der Waals surface area contributed by atoms with Crippen molar-refractivity contribution in [1.29, 1.82) is 0 Å². The molecular weight excluding hydrogens is 241 g/mol. The Morgan fingerprint density at radius 2 is 2.00 bits per heavy atom. The fraction of sp³-hybridized carbons (Fsp3) is 0.250. The van der Waals surface area contributed by atoms with Gasteiger partial charge in [-0.2, -0.15) is 0 Å². The number of nitrogens with zero attached hydrogens (tertiary/aromatic N) is 2. The summed E-state index contributed by atoms with van der Waals surface area (Å²) in [6.07, 6.45) is 0. The maximum atomic E-state index is 12.9. The van der Waals surface area contributed by atoms with Gasteiger partial charge in [-0.1, -0.05) is 11.6 Å². The summed E-state index contributed by atoms with van der Waals surface area (Å²) in [5.74, 6) is 0.583. The van der Waals surface area contributed by atoms with E-state index in [0.717, 1.165) is 17.1 Å². The molecule has 3 nitrogen and oxygen atoms in total. The third kappa shape index (κ3) is 2.33. The van der Waals surface area contributed by atoms with Gasteiger partial charge >= 0.3 is 0 Å². The molecule has 5 heteroatoms. The first kappa shape index (κ1) is 12.1. The highest BCUT2D eigenvalue weighted by Crippen LogP contribution is 2.28. The van der Waals surface area contributed by atoms with Crippen molar-refractivity contribution in [2.45, 2.75) is 6.54 Å². The van der Waals surface area contributed by atoms with Crippen molar-refractivity contribution < 1.29 is 4.39 Å². The lowest BCUT2D eigenvalue weighted by Crippen LogP contribution is -2.10. The van der Waals surface area contributed by atoms with Crippen molar-refractivity contribution >= 4 is 11.6 Å². The van der Waals surface area contributed by atoms with Gasteiger partial charge < -0.3 is 9.88 Å². The molecule has 0 fully saturated rings. The van der Waals surface area contributed by atoms with Crippen LogP contribution in [0.3, 0.4) is 0 Å². The van der Waals surface area contributed by atoms with Crippen molar-refractivity contribution in [2.75, 3.05) is 7.05 Å². The minimum Gasteiger partial charge on any atom is -0.329 e. The lowest BCUT2D eigenvalue weighted by Gasteiger charge is -2.05. The first-order valence-electron chi connectivity index (χ1n) is 5.25. The van der Waals surface area contributed by atoms with E-state index in [-0.39, 0.29) is 5.82 Å². The van der Waals surface area contributed by atoms with Gasteiger partial charge in [0.05, 0.1) is 12.2 Å². The van der Waals surface area contributed by atoms with Crippen LogP contribution in [0.5, 0.6) is 0 Å². The Balaban J connectivity index is 2.48. The molecule has 0 radical (unpaired) electrons. The van der Waals surface area contributed by atoms with Crippen molar-refractivity contribution in [3.05, 3.63) is 41.1 Å². The molecule has 0 amide bonds. The molecule has 0 bridgehead atoms. The predicted molar refractivity (Wildman–Crippen MR) is 66.4 cm³/mol. The summed E-state index contributed by atoms with van der Waals surface area (Å²) in [4.78, 5) is 4.27. The molecule has 0 saturated carbocycles. The second-order valence-electron chi connectivity index (χ2n) is 3.76. The fourth-order valence-electron chi connectivity index (χ4n) is 1.75. The quantitative estimate of drug-likeness (QED) is 0.911. The molecule has 1 aromatic heterocycles. The largest absolute Gasteiger partial charge is 0.329 e. The summed E-state index contributed by atoms with van der Waals surface area (Å²) in [6, 6.07) is 6.22. The third-order valence-electron chi connectivity index (χ3n) is 2.60. The SMILES string of the molecule is CNCc1nc(Cl)c(-c2ccc(F)cc2)n1C. The molecule has 1 heterocycles. The Bertz CT molecular complexity index is 519. The van der Waals surface area contributed by atoms with E-state index in [0.29, 0.717) is 11.7 Å². The van der Waals surface area contributed by atoms with Crippen molar-refractivity contribution in [3.63, 3.8) is 0 Å². The Kier molecular flexibility index (Phi) is 3.45. The van der Waals surface area contributed by atoms with E-state index in [9.17, 15) is 4.39 Å². The molecule has 90 valence electrons. The monoisotopic (exact) mass is 253 g/mol. The van der Waals surface area contributed by atoms with Gasteiger partial charge in [-0.25, -0.2) is 9.37 Å². The van der Waals surface area contributed by atoms with Crippen LogP contribution in [0.2, 0.25) is 5.15 Å². The average Bonchev–Trinajstić information content (AvgIpc) is 2.57. The van der Waals surface area contributed by atoms with Crippen LogP contribution in [0.25, 0.3) is 11.3 Å². The van der Waals surface area contributed by atoms with Gasteiger partial charge in [-0.15, -0.1) is 0 Å². The predicted octanol–water partition coefficient (Wildman–Crippen LogP) is 2.60. The number of imidazole rings is 1. The van der Waals surface area contributed by atoms with Crippen molar-refractivity contribution in [3.8, 4) is 11.3 Å². The maximum absolute atomic E-state index is 12.9. The van der Waals surface area contributed by atoms with Crippen LogP contribution in [0, 0.1) is 5.82 Å². The van der Waals surface area contributed by atoms with E-state index >= 15 is 0 Å². The molecule has 0 unspecified atom stereocenters. The molecule has 17 heavy (non-hydrogen) atoms. The minimum absolute atomic E-state index is 0.262. The van der Waals surface area contributed by atoms with Crippen LogP contribution >= 0.6 is 11.6 Å². The lowest BCUT2D eigenvalue weighted by atomic mass is 10.1. The van der Waals surface area contributed by atoms with Gasteiger partial charge in [-0.3, -0.25) is 0 Å². The van der Waals surface area contributed by atoms with E-state index in [1.807, 2.05) is 18.7 Å². The van der Waals surface area contributed by atoms with Crippen molar-refractivity contribution in [2.24, 2.45) is 7.05 Å². The molecule has 0 aliphatic rings. The molecular formula is C12H13ClFN3. The molecule has 1 N–H and O–H groups in total. The zero-order valence-electron chi connectivity index (χ0n) is 9.67. The van der Waals surface area contributed by atoms with Crippen LogP contribution in [0.15, 0.2) is 24.3 Å². The van der Waals surface area contributed by atoms with Crippen LogP contribution in [-0.2, 0) is 13.6 Å². The van der Waals surface area contributed by atoms with Gasteiger partial charge in [0.2, 0.25) is 0 Å². The Labute approximate surface area is 104 Å². The second-order valence-corrected chi connectivity index (χ2v) is 4.12. The molecule has 1 aromatic carbocycles. The number of benzene rings is 1.